The number of carbonyl (C=O) groups is 1. The third kappa shape index (κ3) is 21.0. The molecule has 0 bridgehead atoms. The number of hydrogen-bond acceptors (Lipinski definition) is 9. The summed E-state index contributed by atoms with van der Waals surface area (Å²) in [6, 6.07) is 0. The number of hydrogen-bond donors (Lipinski definition) is 8. The molecule has 0 aromatic heterocycles. The van der Waals surface area contributed by atoms with Crippen molar-refractivity contribution in [2.75, 3.05) is 52.9 Å². The molecule has 1 atom stereocenters. The van der Waals surface area contributed by atoms with Crippen molar-refractivity contribution in [3.05, 3.63) is 0 Å². The molecule has 0 rings (SSSR count). The Labute approximate surface area is 229 Å². The van der Waals surface area contributed by atoms with E-state index in [0.29, 0.717) is 6.42 Å². The normalized spacial score (nSPS) is 12.7. The van der Waals surface area contributed by atoms with E-state index in [9.17, 15) is 9.90 Å². The Morgan fingerprint density at radius 3 is 1.29 bits per heavy atom. The average molecular weight is 555 g/mol. The second-order valence-corrected chi connectivity index (χ2v) is 10.7. The monoisotopic (exact) mass is 554 g/mol. The average Bonchev–Trinajstić information content (AvgIpc) is 2.93. The number of ether oxygens (including phenoxy) is 1. The van der Waals surface area contributed by atoms with E-state index in [0.717, 1.165) is 38.5 Å². The third-order valence-corrected chi connectivity index (χ3v) is 6.90. The van der Waals surface area contributed by atoms with E-state index < -0.39 is 56.4 Å². The first kappa shape index (κ1) is 39.3. The Bertz CT molecular complexity index is 473. The zero-order chi connectivity index (χ0) is 29.1. The van der Waals surface area contributed by atoms with E-state index in [1.807, 2.05) is 0 Å². The largest absolute Gasteiger partial charge is 0.481 e. The Morgan fingerprint density at radius 2 is 0.947 bits per heavy atom. The molecule has 0 aliphatic heterocycles. The number of rotatable bonds is 26. The van der Waals surface area contributed by atoms with Crippen LogP contribution in [0.5, 0.6) is 0 Å². The van der Waals surface area contributed by atoms with Crippen LogP contribution in [0.15, 0.2) is 0 Å². The van der Waals surface area contributed by atoms with Gasteiger partial charge in [-0.3, -0.25) is 4.79 Å². The summed E-state index contributed by atoms with van der Waals surface area (Å²) in [5.41, 5.74) is -2.32. The van der Waals surface area contributed by atoms with Gasteiger partial charge >= 0.3 is 5.97 Å². The molecule has 10 nitrogen and oxygen atoms in total. The van der Waals surface area contributed by atoms with Crippen LogP contribution in [0.2, 0.25) is 0 Å². The van der Waals surface area contributed by atoms with E-state index in [1.54, 1.807) is 0 Å². The molecule has 0 aliphatic rings. The summed E-state index contributed by atoms with van der Waals surface area (Å²) in [7, 11) is 0. The van der Waals surface area contributed by atoms with Gasteiger partial charge in [-0.1, -0.05) is 77.6 Å². The predicted octanol–water partition coefficient (Wildman–Crippen LogP) is 2.23. The number of aliphatic carboxylic acids is 1. The quantitative estimate of drug-likeness (QED) is 0.0736. The lowest BCUT2D eigenvalue weighted by molar-refractivity contribution is -0.137. The zero-order valence-corrected chi connectivity index (χ0v) is 23.7. The molecule has 0 heterocycles. The minimum atomic E-state index is -1.16. The lowest BCUT2D eigenvalue weighted by Crippen LogP contribution is -2.43. The highest BCUT2D eigenvalue weighted by molar-refractivity contribution is 5.66. The molecule has 8 N–H and O–H groups in total. The summed E-state index contributed by atoms with van der Waals surface area (Å²) in [4.78, 5) is 10.3. The number of aliphatic hydroxyl groups is 7. The summed E-state index contributed by atoms with van der Waals surface area (Å²) >= 11 is 0. The molecule has 0 amide bonds. The lowest BCUT2D eigenvalue weighted by Gasteiger charge is -2.31. The van der Waals surface area contributed by atoms with Crippen molar-refractivity contribution in [2.45, 2.75) is 109 Å². The van der Waals surface area contributed by atoms with Gasteiger partial charge in [-0.2, -0.15) is 0 Å². The van der Waals surface area contributed by atoms with Crippen LogP contribution < -0.4 is 0 Å². The van der Waals surface area contributed by atoms with Crippen LogP contribution in [0.25, 0.3) is 0 Å². The number of unbranched alkanes of at least 4 members (excludes halogenated alkanes) is 10. The maximum Gasteiger partial charge on any atom is 0.303 e. The van der Waals surface area contributed by atoms with Crippen LogP contribution in [0, 0.1) is 10.8 Å². The Hall–Kier alpha value is -0.850. The molecule has 0 radical (unpaired) electrons. The first-order valence-corrected chi connectivity index (χ1v) is 14.4. The van der Waals surface area contributed by atoms with Crippen LogP contribution in [-0.4, -0.2) is 106 Å². The van der Waals surface area contributed by atoms with Gasteiger partial charge in [-0.15, -0.1) is 0 Å². The number of carboxylic acid groups (broad SMARTS) is 1. The van der Waals surface area contributed by atoms with Crippen molar-refractivity contribution >= 4 is 5.97 Å². The fourth-order valence-electron chi connectivity index (χ4n) is 3.73. The van der Waals surface area contributed by atoms with Crippen molar-refractivity contribution in [1.29, 1.82) is 0 Å². The van der Waals surface area contributed by atoms with E-state index in [2.05, 4.69) is 6.92 Å². The smallest absolute Gasteiger partial charge is 0.303 e. The maximum atomic E-state index is 10.3. The van der Waals surface area contributed by atoms with Gasteiger partial charge in [0.05, 0.1) is 69.8 Å². The minimum Gasteiger partial charge on any atom is -0.481 e. The first-order chi connectivity index (χ1) is 18.2. The van der Waals surface area contributed by atoms with Crippen molar-refractivity contribution in [3.63, 3.8) is 0 Å². The lowest BCUT2D eigenvalue weighted by atomic mass is 9.91. The van der Waals surface area contributed by atoms with Gasteiger partial charge in [-0.05, 0) is 19.3 Å². The topological polar surface area (TPSA) is 188 Å². The highest BCUT2D eigenvalue weighted by atomic mass is 16.5. The van der Waals surface area contributed by atoms with Crippen LogP contribution in [-0.2, 0) is 9.53 Å². The molecular formula is C28H58O10. The summed E-state index contributed by atoms with van der Waals surface area (Å²) in [6.45, 7) is -0.794. The Balaban J connectivity index is 0. The van der Waals surface area contributed by atoms with Gasteiger partial charge in [0, 0.05) is 6.42 Å². The molecule has 0 saturated carbocycles. The van der Waals surface area contributed by atoms with Gasteiger partial charge in [0.15, 0.2) is 0 Å². The van der Waals surface area contributed by atoms with E-state index >= 15 is 0 Å². The van der Waals surface area contributed by atoms with E-state index in [4.69, 9.17) is 40.5 Å². The van der Waals surface area contributed by atoms with Crippen molar-refractivity contribution in [1.82, 2.24) is 0 Å². The molecule has 1 unspecified atom stereocenters. The molecule has 10 heteroatoms. The molecule has 0 aromatic rings. The second kappa shape index (κ2) is 26.4. The molecule has 230 valence electrons. The first-order valence-electron chi connectivity index (χ1n) is 14.4. The predicted molar refractivity (Wildman–Crippen MR) is 147 cm³/mol. The highest BCUT2D eigenvalue weighted by Gasteiger charge is 2.32. The zero-order valence-electron chi connectivity index (χ0n) is 23.7. The third-order valence-electron chi connectivity index (χ3n) is 6.90. The summed E-state index contributed by atoms with van der Waals surface area (Å²) in [6.07, 6.45) is 16.3. The molecular weight excluding hydrogens is 496 g/mol. The minimum absolute atomic E-state index is 0.0853. The maximum absolute atomic E-state index is 10.3. The van der Waals surface area contributed by atoms with Crippen LogP contribution in [0.1, 0.15) is 103 Å². The van der Waals surface area contributed by atoms with Crippen molar-refractivity contribution < 1.29 is 50.4 Å². The van der Waals surface area contributed by atoms with Crippen molar-refractivity contribution in [2.24, 2.45) is 10.8 Å². The van der Waals surface area contributed by atoms with Crippen LogP contribution >= 0.6 is 0 Å². The van der Waals surface area contributed by atoms with Gasteiger partial charge in [-0.25, -0.2) is 0 Å². The summed E-state index contributed by atoms with van der Waals surface area (Å²) < 4.78 is 5.15. The second-order valence-electron chi connectivity index (χ2n) is 10.7. The van der Waals surface area contributed by atoms with Gasteiger partial charge in [0.1, 0.15) is 0 Å². The Morgan fingerprint density at radius 1 is 0.605 bits per heavy atom. The molecule has 0 aliphatic carbocycles. The number of aliphatic hydroxyl groups excluding tert-OH is 7. The fraction of sp³-hybridized carbons (Fsp3) is 0.964. The SMILES string of the molecule is CCCCCCC(O)CCCCCCCCCCC(=O)O.OCC(CO)(CO)COCC(CO)(CO)CO. The van der Waals surface area contributed by atoms with Gasteiger partial charge < -0.3 is 45.6 Å². The van der Waals surface area contributed by atoms with E-state index in [-0.39, 0.29) is 19.3 Å². The fourth-order valence-corrected chi connectivity index (χ4v) is 3.73. The van der Waals surface area contributed by atoms with Crippen molar-refractivity contribution in [3.8, 4) is 0 Å². The summed E-state index contributed by atoms with van der Waals surface area (Å²) in [5.74, 6) is -0.678. The van der Waals surface area contributed by atoms with Gasteiger partial charge in [0.2, 0.25) is 0 Å². The number of carboxylic acids is 1. The molecule has 38 heavy (non-hydrogen) atoms. The van der Waals surface area contributed by atoms with Crippen LogP contribution in [0.3, 0.4) is 0 Å². The van der Waals surface area contributed by atoms with E-state index in [1.165, 1.54) is 51.4 Å². The molecule has 0 aromatic carbocycles. The Kier molecular flexibility index (Phi) is 27.3. The van der Waals surface area contributed by atoms with Gasteiger partial charge in [0.25, 0.3) is 0 Å². The van der Waals surface area contributed by atoms with Crippen LogP contribution in [0.4, 0.5) is 0 Å². The highest BCUT2D eigenvalue weighted by Crippen LogP contribution is 2.20. The molecule has 0 fully saturated rings. The molecule has 0 spiro atoms. The molecule has 0 saturated heterocycles. The summed E-state index contributed by atoms with van der Waals surface area (Å²) in [5, 5.41) is 72.5. The standard InChI is InChI=1S/C18H36O3.C10H22O7/c1-2-3-4-11-14-17(19)15-12-9-7-5-6-8-10-13-16-18(20)21;11-1-9(2-12,3-13)7-17-8-10(4-14,5-15)6-16/h17,19H,2-16H2,1H3,(H,20,21);11-16H,1-8H2.